The van der Waals surface area contributed by atoms with Crippen molar-refractivity contribution in [3.05, 3.63) is 0 Å². The predicted octanol–water partition coefficient (Wildman–Crippen LogP) is 1.57. The summed E-state index contributed by atoms with van der Waals surface area (Å²) in [6.07, 6.45) is 5.21. The Balaban J connectivity index is 2.14. The van der Waals surface area contributed by atoms with Gasteiger partial charge in [0.15, 0.2) is 7.98 Å². The SMILES string of the molecule is [B]N1CCCCC2C(CCC(=O)N2C(C)C)C1. The summed E-state index contributed by atoms with van der Waals surface area (Å²) in [5, 5.41) is 0. The highest BCUT2D eigenvalue weighted by atomic mass is 16.2. The number of nitrogens with zero attached hydrogens (tertiary/aromatic N) is 2. The maximum atomic E-state index is 12.1. The van der Waals surface area contributed by atoms with E-state index < -0.39 is 0 Å². The van der Waals surface area contributed by atoms with Crippen LogP contribution in [0.2, 0.25) is 0 Å². The van der Waals surface area contributed by atoms with Gasteiger partial charge in [-0.2, -0.15) is 0 Å². The van der Waals surface area contributed by atoms with E-state index in [-0.39, 0.29) is 0 Å². The Bertz CT molecular complexity index is 283. The minimum Gasteiger partial charge on any atom is -0.353 e. The Hall–Kier alpha value is -0.505. The van der Waals surface area contributed by atoms with Crippen LogP contribution in [0, 0.1) is 5.92 Å². The smallest absolute Gasteiger partial charge is 0.223 e. The van der Waals surface area contributed by atoms with Gasteiger partial charge in [-0.15, -0.1) is 0 Å². The van der Waals surface area contributed by atoms with Crippen LogP contribution in [0.1, 0.15) is 46.0 Å². The monoisotopic (exact) mass is 234 g/mol. The Labute approximate surface area is 106 Å². The lowest BCUT2D eigenvalue weighted by molar-refractivity contribution is -0.142. The fourth-order valence-electron chi connectivity index (χ4n) is 3.36. The first-order chi connectivity index (χ1) is 8.09. The molecule has 1 amide bonds. The second-order valence-electron chi connectivity index (χ2n) is 5.75. The first kappa shape index (κ1) is 12.9. The van der Waals surface area contributed by atoms with Gasteiger partial charge in [0.05, 0.1) is 0 Å². The van der Waals surface area contributed by atoms with E-state index in [0.29, 0.717) is 30.3 Å². The molecule has 3 nitrogen and oxygen atoms in total. The molecule has 2 fully saturated rings. The average molecular weight is 234 g/mol. The molecule has 2 aliphatic heterocycles. The molecule has 2 atom stereocenters. The van der Waals surface area contributed by atoms with E-state index in [0.717, 1.165) is 32.4 Å². The molecule has 0 N–H and O–H groups in total. The minimum atomic E-state index is 0.320. The van der Waals surface area contributed by atoms with Gasteiger partial charge in [0, 0.05) is 18.5 Å². The van der Waals surface area contributed by atoms with Gasteiger partial charge in [0.2, 0.25) is 5.91 Å². The molecule has 2 unspecified atom stereocenters. The number of likely N-dealkylation sites (tertiary alicyclic amines) is 1. The summed E-state index contributed by atoms with van der Waals surface area (Å²) in [5.74, 6) is 0.908. The third kappa shape index (κ3) is 2.84. The second-order valence-corrected chi connectivity index (χ2v) is 5.75. The number of amides is 1. The number of carbonyl (C=O) groups is 1. The van der Waals surface area contributed by atoms with E-state index in [1.807, 2.05) is 4.81 Å². The normalized spacial score (nSPS) is 32.2. The van der Waals surface area contributed by atoms with E-state index in [1.54, 1.807) is 0 Å². The molecular formula is C13H23BN2O. The van der Waals surface area contributed by atoms with Crippen molar-refractivity contribution in [2.24, 2.45) is 5.92 Å². The van der Waals surface area contributed by atoms with Crippen molar-refractivity contribution in [1.82, 2.24) is 9.71 Å². The number of rotatable bonds is 1. The molecule has 2 rings (SSSR count). The Morgan fingerprint density at radius 2 is 2.06 bits per heavy atom. The van der Waals surface area contributed by atoms with Crippen molar-refractivity contribution in [2.45, 2.75) is 58.0 Å². The molecule has 17 heavy (non-hydrogen) atoms. The van der Waals surface area contributed by atoms with Crippen molar-refractivity contribution in [2.75, 3.05) is 13.1 Å². The molecule has 0 bridgehead atoms. The van der Waals surface area contributed by atoms with Crippen LogP contribution in [0.4, 0.5) is 0 Å². The summed E-state index contributed by atoms with van der Waals surface area (Å²) in [6.45, 7) is 6.19. The Kier molecular flexibility index (Phi) is 4.13. The van der Waals surface area contributed by atoms with E-state index in [4.69, 9.17) is 7.98 Å². The molecule has 0 aromatic heterocycles. The lowest BCUT2D eigenvalue weighted by Gasteiger charge is -2.46. The van der Waals surface area contributed by atoms with Gasteiger partial charge in [0.1, 0.15) is 0 Å². The summed E-state index contributed by atoms with van der Waals surface area (Å²) in [6, 6.07) is 0.739. The Morgan fingerprint density at radius 3 is 2.76 bits per heavy atom. The van der Waals surface area contributed by atoms with E-state index in [2.05, 4.69) is 18.7 Å². The number of piperidine rings is 1. The lowest BCUT2D eigenvalue weighted by atomic mass is 9.82. The van der Waals surface area contributed by atoms with E-state index >= 15 is 0 Å². The third-order valence-corrected chi connectivity index (χ3v) is 4.14. The van der Waals surface area contributed by atoms with E-state index in [1.165, 1.54) is 6.42 Å². The molecule has 94 valence electrons. The zero-order chi connectivity index (χ0) is 12.4. The lowest BCUT2D eigenvalue weighted by Crippen LogP contribution is -2.54. The summed E-state index contributed by atoms with van der Waals surface area (Å²) >= 11 is 0. The van der Waals surface area contributed by atoms with Gasteiger partial charge < -0.3 is 9.71 Å². The fourth-order valence-corrected chi connectivity index (χ4v) is 3.36. The highest BCUT2D eigenvalue weighted by Crippen LogP contribution is 2.31. The average Bonchev–Trinajstić information content (AvgIpc) is 2.24. The molecule has 2 saturated heterocycles. The largest absolute Gasteiger partial charge is 0.353 e. The first-order valence-corrected chi connectivity index (χ1v) is 6.90. The van der Waals surface area contributed by atoms with Crippen LogP contribution in [-0.4, -0.2) is 48.8 Å². The van der Waals surface area contributed by atoms with Gasteiger partial charge >= 0.3 is 0 Å². The van der Waals surface area contributed by atoms with Crippen LogP contribution in [0.25, 0.3) is 0 Å². The van der Waals surface area contributed by atoms with Crippen LogP contribution >= 0.6 is 0 Å². The molecule has 4 heteroatoms. The number of hydrogen-bond donors (Lipinski definition) is 0. The Morgan fingerprint density at radius 1 is 1.29 bits per heavy atom. The standard InChI is InChI=1S/C13H23BN2O/c1-10(2)16-12-5-3-4-8-15(14)9-11(12)6-7-13(16)17/h10-12H,3-9H2,1-2H3. The molecule has 2 heterocycles. The van der Waals surface area contributed by atoms with Gasteiger partial charge in [-0.25, -0.2) is 0 Å². The molecule has 0 aliphatic carbocycles. The van der Waals surface area contributed by atoms with E-state index in [9.17, 15) is 4.79 Å². The number of carbonyl (C=O) groups excluding carboxylic acids is 1. The predicted molar refractivity (Wildman–Crippen MR) is 69.7 cm³/mol. The molecule has 0 aromatic rings. The third-order valence-electron chi connectivity index (χ3n) is 4.14. The highest BCUT2D eigenvalue weighted by molar-refractivity contribution is 6.04. The summed E-state index contributed by atoms with van der Waals surface area (Å²) in [7, 11) is 6.00. The van der Waals surface area contributed by atoms with Crippen molar-refractivity contribution in [3.8, 4) is 0 Å². The van der Waals surface area contributed by atoms with Crippen molar-refractivity contribution < 1.29 is 4.79 Å². The van der Waals surface area contributed by atoms with Gasteiger partial charge in [-0.1, -0.05) is 6.42 Å². The number of hydrogen-bond acceptors (Lipinski definition) is 2. The van der Waals surface area contributed by atoms with Crippen molar-refractivity contribution >= 4 is 13.9 Å². The zero-order valence-corrected chi connectivity index (χ0v) is 11.1. The minimum absolute atomic E-state index is 0.320. The molecular weight excluding hydrogens is 211 g/mol. The summed E-state index contributed by atoms with van der Waals surface area (Å²) in [4.78, 5) is 16.1. The molecule has 0 saturated carbocycles. The molecule has 0 aromatic carbocycles. The highest BCUT2D eigenvalue weighted by Gasteiger charge is 2.37. The first-order valence-electron chi connectivity index (χ1n) is 6.90. The fraction of sp³-hybridized carbons (Fsp3) is 0.923. The van der Waals surface area contributed by atoms with Gasteiger partial charge in [-0.05, 0) is 52.1 Å². The molecule has 2 aliphatic rings. The van der Waals surface area contributed by atoms with Crippen LogP contribution in [0.5, 0.6) is 0 Å². The van der Waals surface area contributed by atoms with Crippen molar-refractivity contribution in [1.29, 1.82) is 0 Å². The molecule has 2 radical (unpaired) electrons. The van der Waals surface area contributed by atoms with Gasteiger partial charge in [-0.3, -0.25) is 4.79 Å². The molecule has 0 spiro atoms. The number of fused-ring (bicyclic) bond motifs is 1. The zero-order valence-electron chi connectivity index (χ0n) is 11.1. The second kappa shape index (κ2) is 5.43. The van der Waals surface area contributed by atoms with Crippen LogP contribution in [0.3, 0.4) is 0 Å². The topological polar surface area (TPSA) is 23.6 Å². The van der Waals surface area contributed by atoms with Crippen LogP contribution in [0.15, 0.2) is 0 Å². The summed E-state index contributed by atoms with van der Waals surface area (Å²) < 4.78 is 0. The maximum absolute atomic E-state index is 12.1. The quantitative estimate of drug-likeness (QED) is 0.643. The van der Waals surface area contributed by atoms with Crippen LogP contribution < -0.4 is 0 Å². The van der Waals surface area contributed by atoms with Gasteiger partial charge in [0.25, 0.3) is 0 Å². The van der Waals surface area contributed by atoms with Crippen molar-refractivity contribution in [3.63, 3.8) is 0 Å². The maximum Gasteiger partial charge on any atom is 0.223 e. The summed E-state index contributed by atoms with van der Waals surface area (Å²) in [5.41, 5.74) is 0. The van der Waals surface area contributed by atoms with Crippen LogP contribution in [-0.2, 0) is 4.79 Å².